The summed E-state index contributed by atoms with van der Waals surface area (Å²) in [5, 5.41) is 15.2. The van der Waals surface area contributed by atoms with Crippen LogP contribution in [0.1, 0.15) is 32.6 Å². The maximum atomic E-state index is 11.7. The highest BCUT2D eigenvalue weighted by molar-refractivity contribution is 5.73. The van der Waals surface area contributed by atoms with Crippen LogP contribution < -0.4 is 15.5 Å². The van der Waals surface area contributed by atoms with Gasteiger partial charge < -0.3 is 20.6 Å². The molecule has 1 aromatic rings. The van der Waals surface area contributed by atoms with E-state index in [1.807, 2.05) is 31.5 Å². The van der Waals surface area contributed by atoms with Gasteiger partial charge in [-0.05, 0) is 43.7 Å². The van der Waals surface area contributed by atoms with Gasteiger partial charge >= 0.3 is 6.03 Å². The first-order valence-electron chi connectivity index (χ1n) is 8.53. The molecule has 1 unspecified atom stereocenters. The Hall–Kier alpha value is -1.82. The van der Waals surface area contributed by atoms with Gasteiger partial charge in [-0.25, -0.2) is 4.79 Å². The summed E-state index contributed by atoms with van der Waals surface area (Å²) >= 11 is 0. The fourth-order valence-electron chi connectivity index (χ4n) is 2.81. The SMILES string of the molecule is CCC(O)CCNC(=O)NCC1CCN(c2ccncc2)CC1. The summed E-state index contributed by atoms with van der Waals surface area (Å²) in [6.45, 7) is 5.19. The number of piperidine rings is 1. The minimum Gasteiger partial charge on any atom is -0.393 e. The molecule has 0 aromatic carbocycles. The van der Waals surface area contributed by atoms with Crippen LogP contribution in [-0.2, 0) is 0 Å². The number of carbonyl (C=O) groups excluding carboxylic acids is 1. The summed E-state index contributed by atoms with van der Waals surface area (Å²) < 4.78 is 0. The molecule has 0 saturated carbocycles. The molecule has 1 aliphatic rings. The summed E-state index contributed by atoms with van der Waals surface area (Å²) in [5.74, 6) is 0.528. The van der Waals surface area contributed by atoms with E-state index in [1.165, 1.54) is 5.69 Å². The largest absolute Gasteiger partial charge is 0.393 e. The van der Waals surface area contributed by atoms with Crippen molar-refractivity contribution in [3.63, 3.8) is 0 Å². The van der Waals surface area contributed by atoms with Crippen LogP contribution in [0.4, 0.5) is 10.5 Å². The number of anilines is 1. The molecule has 3 N–H and O–H groups in total. The van der Waals surface area contributed by atoms with E-state index < -0.39 is 0 Å². The number of aliphatic hydroxyl groups is 1. The molecule has 23 heavy (non-hydrogen) atoms. The van der Waals surface area contributed by atoms with Gasteiger partial charge in [0.25, 0.3) is 0 Å². The molecule has 2 amide bonds. The standard InChI is InChI=1S/C17H28N4O2/c1-2-16(22)5-10-19-17(23)20-13-14-6-11-21(12-7-14)15-3-8-18-9-4-15/h3-4,8-9,14,16,22H,2,5-7,10-13H2,1H3,(H2,19,20,23). The van der Waals surface area contributed by atoms with E-state index in [9.17, 15) is 9.90 Å². The molecule has 1 aromatic heterocycles. The Morgan fingerprint density at radius 2 is 2.04 bits per heavy atom. The summed E-state index contributed by atoms with van der Waals surface area (Å²) in [6.07, 6.45) is 6.81. The van der Waals surface area contributed by atoms with E-state index >= 15 is 0 Å². The van der Waals surface area contributed by atoms with Gasteiger partial charge in [0.2, 0.25) is 0 Å². The van der Waals surface area contributed by atoms with Gasteiger partial charge in [-0.15, -0.1) is 0 Å². The molecule has 6 nitrogen and oxygen atoms in total. The molecule has 1 atom stereocenters. The predicted molar refractivity (Wildman–Crippen MR) is 91.5 cm³/mol. The number of pyridine rings is 1. The van der Waals surface area contributed by atoms with E-state index in [-0.39, 0.29) is 12.1 Å². The number of nitrogens with one attached hydrogen (secondary N) is 2. The molecule has 0 aliphatic carbocycles. The van der Waals surface area contributed by atoms with Gasteiger partial charge in [0, 0.05) is 44.3 Å². The van der Waals surface area contributed by atoms with Crippen LogP contribution >= 0.6 is 0 Å². The second-order valence-electron chi connectivity index (χ2n) is 6.12. The van der Waals surface area contributed by atoms with E-state index in [2.05, 4.69) is 20.5 Å². The Kier molecular flexibility index (Phi) is 7.13. The zero-order valence-corrected chi connectivity index (χ0v) is 13.9. The van der Waals surface area contributed by atoms with Crippen molar-refractivity contribution in [2.24, 2.45) is 5.92 Å². The average Bonchev–Trinajstić information content (AvgIpc) is 2.61. The van der Waals surface area contributed by atoms with E-state index in [1.54, 1.807) is 0 Å². The predicted octanol–water partition coefficient (Wildman–Crippen LogP) is 1.76. The number of aliphatic hydroxyl groups excluding tert-OH is 1. The monoisotopic (exact) mass is 320 g/mol. The molecule has 1 saturated heterocycles. The van der Waals surface area contributed by atoms with Crippen molar-refractivity contribution >= 4 is 11.7 Å². The number of nitrogens with zero attached hydrogens (tertiary/aromatic N) is 2. The highest BCUT2D eigenvalue weighted by Gasteiger charge is 2.19. The van der Waals surface area contributed by atoms with Crippen molar-refractivity contribution < 1.29 is 9.90 Å². The zero-order valence-electron chi connectivity index (χ0n) is 13.9. The highest BCUT2D eigenvalue weighted by Crippen LogP contribution is 2.22. The first-order valence-corrected chi connectivity index (χ1v) is 8.53. The number of hydrogen-bond acceptors (Lipinski definition) is 4. The van der Waals surface area contributed by atoms with Crippen LogP contribution in [0.3, 0.4) is 0 Å². The van der Waals surface area contributed by atoms with Crippen LogP contribution in [0, 0.1) is 5.92 Å². The molecular weight excluding hydrogens is 292 g/mol. The Morgan fingerprint density at radius 3 is 2.70 bits per heavy atom. The van der Waals surface area contributed by atoms with Crippen molar-refractivity contribution in [1.29, 1.82) is 0 Å². The number of aromatic nitrogens is 1. The fourth-order valence-corrected chi connectivity index (χ4v) is 2.81. The third-order valence-electron chi connectivity index (χ3n) is 4.43. The second-order valence-corrected chi connectivity index (χ2v) is 6.12. The second kappa shape index (κ2) is 9.35. The Morgan fingerprint density at radius 1 is 1.35 bits per heavy atom. The average molecular weight is 320 g/mol. The molecule has 0 radical (unpaired) electrons. The third kappa shape index (κ3) is 6.06. The number of amides is 2. The number of carbonyl (C=O) groups is 1. The van der Waals surface area contributed by atoms with Crippen molar-refractivity contribution in [3.8, 4) is 0 Å². The molecule has 1 aliphatic heterocycles. The van der Waals surface area contributed by atoms with Gasteiger partial charge in [0.15, 0.2) is 0 Å². The highest BCUT2D eigenvalue weighted by atomic mass is 16.3. The Labute approximate surface area is 138 Å². The summed E-state index contributed by atoms with van der Waals surface area (Å²) in [6, 6.07) is 3.94. The zero-order chi connectivity index (χ0) is 16.5. The van der Waals surface area contributed by atoms with Crippen molar-refractivity contribution in [2.75, 3.05) is 31.1 Å². The topological polar surface area (TPSA) is 77.5 Å². The number of rotatable bonds is 7. The van der Waals surface area contributed by atoms with Gasteiger partial charge in [-0.3, -0.25) is 4.98 Å². The van der Waals surface area contributed by atoms with Gasteiger partial charge in [0.05, 0.1) is 6.10 Å². The van der Waals surface area contributed by atoms with Crippen LogP contribution in [0.5, 0.6) is 0 Å². The van der Waals surface area contributed by atoms with Crippen LogP contribution in [0.2, 0.25) is 0 Å². The summed E-state index contributed by atoms with van der Waals surface area (Å²) in [7, 11) is 0. The maximum absolute atomic E-state index is 11.7. The summed E-state index contributed by atoms with van der Waals surface area (Å²) in [4.78, 5) is 18.1. The normalized spacial score (nSPS) is 16.9. The lowest BCUT2D eigenvalue weighted by molar-refractivity contribution is 0.160. The lowest BCUT2D eigenvalue weighted by Gasteiger charge is -2.33. The van der Waals surface area contributed by atoms with E-state index in [4.69, 9.17) is 0 Å². The summed E-state index contributed by atoms with van der Waals surface area (Å²) in [5.41, 5.74) is 1.22. The van der Waals surface area contributed by atoms with Gasteiger partial charge in [-0.2, -0.15) is 0 Å². The quantitative estimate of drug-likeness (QED) is 0.715. The van der Waals surface area contributed by atoms with Crippen LogP contribution in [-0.4, -0.2) is 48.4 Å². The molecule has 6 heteroatoms. The first kappa shape index (κ1) is 17.5. The molecule has 0 spiro atoms. The third-order valence-corrected chi connectivity index (χ3v) is 4.43. The molecule has 1 fully saturated rings. The van der Waals surface area contributed by atoms with E-state index in [0.717, 1.165) is 32.4 Å². The lowest BCUT2D eigenvalue weighted by Crippen LogP contribution is -2.42. The van der Waals surface area contributed by atoms with Gasteiger partial charge in [0.1, 0.15) is 0 Å². The van der Waals surface area contributed by atoms with Crippen LogP contribution in [0.15, 0.2) is 24.5 Å². The van der Waals surface area contributed by atoms with Crippen molar-refractivity contribution in [2.45, 2.75) is 38.7 Å². The smallest absolute Gasteiger partial charge is 0.314 e. The number of hydrogen-bond donors (Lipinski definition) is 3. The Balaban J connectivity index is 1.60. The molecule has 0 bridgehead atoms. The van der Waals surface area contributed by atoms with Crippen molar-refractivity contribution in [1.82, 2.24) is 15.6 Å². The molecule has 2 rings (SSSR count). The minimum atomic E-state index is -0.326. The van der Waals surface area contributed by atoms with E-state index in [0.29, 0.717) is 25.4 Å². The van der Waals surface area contributed by atoms with Crippen molar-refractivity contribution in [3.05, 3.63) is 24.5 Å². The number of urea groups is 1. The van der Waals surface area contributed by atoms with Crippen LogP contribution in [0.25, 0.3) is 0 Å². The Bertz CT molecular complexity index is 461. The molecule has 2 heterocycles. The molecular formula is C17H28N4O2. The lowest BCUT2D eigenvalue weighted by atomic mass is 9.96. The minimum absolute atomic E-state index is 0.134. The first-order chi connectivity index (χ1) is 11.2. The molecule has 128 valence electrons. The maximum Gasteiger partial charge on any atom is 0.314 e. The fraction of sp³-hybridized carbons (Fsp3) is 0.647. The van der Waals surface area contributed by atoms with Gasteiger partial charge in [-0.1, -0.05) is 6.92 Å².